The number of amides is 1. The molecule has 0 aromatic heterocycles. The zero-order valence-corrected chi connectivity index (χ0v) is 18.5. The van der Waals surface area contributed by atoms with E-state index in [0.717, 1.165) is 12.0 Å². The second-order valence-corrected chi connectivity index (χ2v) is 9.15. The molecule has 5 nitrogen and oxygen atoms in total. The fraction of sp³-hybridized carbons (Fsp3) is 0.462. The average molecular weight is 437 g/mol. The highest BCUT2D eigenvalue weighted by atomic mass is 19.1. The largest absolute Gasteiger partial charge is 0.496 e. The number of nitriles is 1. The normalized spacial score (nSPS) is 28.0. The van der Waals surface area contributed by atoms with Crippen LogP contribution in [0.4, 0.5) is 4.39 Å². The summed E-state index contributed by atoms with van der Waals surface area (Å²) in [5.41, 5.74) is -0.315. The number of aliphatic hydroxyl groups is 1. The molecule has 1 N–H and O–H groups in total. The minimum absolute atomic E-state index is 0.0144. The van der Waals surface area contributed by atoms with E-state index in [9.17, 15) is 19.6 Å². The van der Waals surface area contributed by atoms with Gasteiger partial charge in [-0.15, -0.1) is 0 Å². The average Bonchev–Trinajstić information content (AvgIpc) is 3.23. The lowest BCUT2D eigenvalue weighted by atomic mass is 9.63. The van der Waals surface area contributed by atoms with E-state index in [-0.39, 0.29) is 29.2 Å². The summed E-state index contributed by atoms with van der Waals surface area (Å²) in [7, 11) is 1.59. The minimum Gasteiger partial charge on any atom is -0.496 e. The van der Waals surface area contributed by atoms with E-state index >= 15 is 0 Å². The Morgan fingerprint density at radius 3 is 2.72 bits per heavy atom. The van der Waals surface area contributed by atoms with E-state index < -0.39 is 17.3 Å². The first-order valence-electron chi connectivity index (χ1n) is 11.1. The van der Waals surface area contributed by atoms with Crippen LogP contribution in [0.3, 0.4) is 0 Å². The summed E-state index contributed by atoms with van der Waals surface area (Å²) < 4.78 is 20.2. The van der Waals surface area contributed by atoms with Crippen LogP contribution in [0, 0.1) is 34.9 Å². The number of ether oxygens (including phenoxy) is 1. The standard InChI is InChI=1S/C26H29FN2O3/c1-17(20-7-3-6-10-24(20)32-2)25(30)29-15-19-13-18(11-12-28)14-26(31,22(19)16-29)21-8-4-5-9-23(21)27/h3-10,17-19,22,31H,11,13-16H2,1-2H3. The van der Waals surface area contributed by atoms with Crippen molar-refractivity contribution in [1.82, 2.24) is 4.90 Å². The van der Waals surface area contributed by atoms with Gasteiger partial charge in [-0.25, -0.2) is 4.39 Å². The molecule has 5 unspecified atom stereocenters. The maximum Gasteiger partial charge on any atom is 0.229 e. The Bertz CT molecular complexity index is 1040. The van der Waals surface area contributed by atoms with Crippen molar-refractivity contribution in [3.05, 3.63) is 65.5 Å². The number of rotatable bonds is 5. The van der Waals surface area contributed by atoms with E-state index in [1.807, 2.05) is 31.2 Å². The second kappa shape index (κ2) is 8.91. The summed E-state index contributed by atoms with van der Waals surface area (Å²) in [6.07, 6.45) is 1.39. The quantitative estimate of drug-likeness (QED) is 0.762. The van der Waals surface area contributed by atoms with Crippen LogP contribution in [0.25, 0.3) is 0 Å². The lowest BCUT2D eigenvalue weighted by Gasteiger charge is -2.44. The van der Waals surface area contributed by atoms with Crippen LogP contribution in [0.5, 0.6) is 5.75 Å². The minimum atomic E-state index is -1.40. The van der Waals surface area contributed by atoms with Gasteiger partial charge in [0.05, 0.1) is 24.7 Å². The monoisotopic (exact) mass is 436 g/mol. The van der Waals surface area contributed by atoms with Crippen molar-refractivity contribution in [2.75, 3.05) is 20.2 Å². The molecule has 1 saturated heterocycles. The number of carbonyl (C=O) groups excluding carboxylic acids is 1. The van der Waals surface area contributed by atoms with Gasteiger partial charge in [0.25, 0.3) is 0 Å². The highest BCUT2D eigenvalue weighted by Gasteiger charge is 2.54. The van der Waals surface area contributed by atoms with Gasteiger partial charge in [0.15, 0.2) is 0 Å². The summed E-state index contributed by atoms with van der Waals surface area (Å²) in [4.78, 5) is 15.2. The van der Waals surface area contributed by atoms with Crippen molar-refractivity contribution in [2.45, 2.75) is 37.7 Å². The number of hydrogen-bond acceptors (Lipinski definition) is 4. The molecule has 1 aliphatic heterocycles. The van der Waals surface area contributed by atoms with Gasteiger partial charge >= 0.3 is 0 Å². The highest BCUT2D eigenvalue weighted by Crippen LogP contribution is 2.51. The van der Waals surface area contributed by atoms with Gasteiger partial charge in [-0.3, -0.25) is 4.79 Å². The van der Waals surface area contributed by atoms with Crippen LogP contribution in [0.1, 0.15) is 43.2 Å². The Balaban J connectivity index is 1.63. The van der Waals surface area contributed by atoms with Gasteiger partial charge in [0, 0.05) is 36.6 Å². The number of methoxy groups -OCH3 is 1. The summed E-state index contributed by atoms with van der Waals surface area (Å²) in [6, 6.07) is 16.0. The number of fused-ring (bicyclic) bond motifs is 1. The Morgan fingerprint density at radius 1 is 1.28 bits per heavy atom. The smallest absolute Gasteiger partial charge is 0.229 e. The van der Waals surface area contributed by atoms with E-state index in [4.69, 9.17) is 4.74 Å². The highest BCUT2D eigenvalue weighted by molar-refractivity contribution is 5.84. The number of para-hydroxylation sites is 1. The zero-order chi connectivity index (χ0) is 22.9. The Kier molecular flexibility index (Phi) is 6.21. The Morgan fingerprint density at radius 2 is 2.00 bits per heavy atom. The van der Waals surface area contributed by atoms with Crippen LogP contribution in [-0.2, 0) is 10.4 Å². The molecule has 0 bridgehead atoms. The third-order valence-electron chi connectivity index (χ3n) is 7.30. The van der Waals surface area contributed by atoms with E-state index in [0.29, 0.717) is 31.7 Å². The summed E-state index contributed by atoms with van der Waals surface area (Å²) in [5.74, 6) is -0.504. The molecule has 32 heavy (non-hydrogen) atoms. The maximum absolute atomic E-state index is 14.8. The number of hydrogen-bond donors (Lipinski definition) is 1. The maximum atomic E-state index is 14.8. The lowest BCUT2D eigenvalue weighted by molar-refractivity contribution is -0.132. The van der Waals surface area contributed by atoms with Crippen LogP contribution < -0.4 is 4.74 Å². The molecule has 6 heteroatoms. The molecule has 2 fully saturated rings. The number of nitrogens with zero attached hydrogens (tertiary/aromatic N) is 2. The molecule has 2 aromatic rings. The van der Waals surface area contributed by atoms with E-state index in [2.05, 4.69) is 6.07 Å². The fourth-order valence-electron chi connectivity index (χ4n) is 5.77. The molecule has 0 radical (unpaired) electrons. The summed E-state index contributed by atoms with van der Waals surface area (Å²) >= 11 is 0. The lowest BCUT2D eigenvalue weighted by Crippen LogP contribution is -2.46. The summed E-state index contributed by atoms with van der Waals surface area (Å²) in [6.45, 7) is 2.73. The van der Waals surface area contributed by atoms with Crippen LogP contribution >= 0.6 is 0 Å². The van der Waals surface area contributed by atoms with E-state index in [1.54, 1.807) is 30.2 Å². The predicted octanol–water partition coefficient (Wildman–Crippen LogP) is 4.22. The number of benzene rings is 2. The first-order valence-corrected chi connectivity index (χ1v) is 11.1. The van der Waals surface area contributed by atoms with Crippen molar-refractivity contribution < 1.29 is 19.0 Å². The van der Waals surface area contributed by atoms with Crippen molar-refractivity contribution in [1.29, 1.82) is 5.26 Å². The molecular formula is C26H29FN2O3. The van der Waals surface area contributed by atoms with Crippen molar-refractivity contribution in [3.63, 3.8) is 0 Å². The molecule has 4 rings (SSSR count). The van der Waals surface area contributed by atoms with Crippen LogP contribution in [-0.4, -0.2) is 36.1 Å². The van der Waals surface area contributed by atoms with Gasteiger partial charge < -0.3 is 14.7 Å². The third kappa shape index (κ3) is 3.86. The number of likely N-dealkylation sites (tertiary alicyclic amines) is 1. The fourth-order valence-corrected chi connectivity index (χ4v) is 5.77. The molecule has 2 aromatic carbocycles. The van der Waals surface area contributed by atoms with Gasteiger partial charge in [-0.1, -0.05) is 36.4 Å². The molecular weight excluding hydrogens is 407 g/mol. The first-order chi connectivity index (χ1) is 15.4. The van der Waals surface area contributed by atoms with Crippen molar-refractivity contribution in [3.8, 4) is 11.8 Å². The van der Waals surface area contributed by atoms with Gasteiger partial charge in [0.1, 0.15) is 11.6 Å². The molecule has 5 atom stereocenters. The van der Waals surface area contributed by atoms with Crippen LogP contribution in [0.15, 0.2) is 48.5 Å². The number of carbonyl (C=O) groups is 1. The number of halogens is 1. The molecule has 168 valence electrons. The SMILES string of the molecule is COc1ccccc1C(C)C(=O)N1CC2CC(CC#N)CC(O)(c3ccccc3F)C2C1. The molecule has 1 heterocycles. The Labute approximate surface area is 188 Å². The van der Waals surface area contributed by atoms with Gasteiger partial charge in [-0.05, 0) is 43.7 Å². The van der Waals surface area contributed by atoms with Gasteiger partial charge in [-0.2, -0.15) is 5.26 Å². The zero-order valence-electron chi connectivity index (χ0n) is 18.5. The second-order valence-electron chi connectivity index (χ2n) is 9.15. The molecule has 1 saturated carbocycles. The first kappa shape index (κ1) is 22.3. The Hall–Kier alpha value is -2.91. The van der Waals surface area contributed by atoms with Gasteiger partial charge in [0.2, 0.25) is 5.91 Å². The van der Waals surface area contributed by atoms with Crippen LogP contribution in [0.2, 0.25) is 0 Å². The molecule has 1 amide bonds. The van der Waals surface area contributed by atoms with E-state index in [1.165, 1.54) is 6.07 Å². The van der Waals surface area contributed by atoms with Crippen molar-refractivity contribution in [2.24, 2.45) is 17.8 Å². The predicted molar refractivity (Wildman–Crippen MR) is 118 cm³/mol. The molecule has 2 aliphatic rings. The van der Waals surface area contributed by atoms with Crippen molar-refractivity contribution >= 4 is 5.91 Å². The molecule has 0 spiro atoms. The molecule has 1 aliphatic carbocycles. The third-order valence-corrected chi connectivity index (χ3v) is 7.30. The summed E-state index contributed by atoms with van der Waals surface area (Å²) in [5, 5.41) is 21.1. The topological polar surface area (TPSA) is 73.6 Å².